The molecular weight excluding hydrogens is 370 g/mol. The van der Waals surface area contributed by atoms with E-state index < -0.39 is 11.8 Å². The van der Waals surface area contributed by atoms with E-state index in [2.05, 4.69) is 11.4 Å². The van der Waals surface area contributed by atoms with Crippen LogP contribution >= 0.6 is 11.8 Å². The zero-order valence-electron chi connectivity index (χ0n) is 14.8. The Bertz CT molecular complexity index is 899. The second kappa shape index (κ2) is 7.16. The van der Waals surface area contributed by atoms with E-state index in [0.29, 0.717) is 22.6 Å². The number of nitrogens with one attached hydrogen (secondary N) is 2. The number of thioether (sulfide) groups is 1. The van der Waals surface area contributed by atoms with Crippen molar-refractivity contribution in [1.29, 1.82) is 10.7 Å². The van der Waals surface area contributed by atoms with Gasteiger partial charge in [-0.15, -0.1) is 0 Å². The van der Waals surface area contributed by atoms with Gasteiger partial charge < -0.3 is 5.32 Å². The fraction of sp³-hybridized carbons (Fsp3) is 0.316. The van der Waals surface area contributed by atoms with Gasteiger partial charge in [0.2, 0.25) is 11.9 Å². The zero-order valence-corrected chi connectivity index (χ0v) is 15.7. The lowest BCUT2D eigenvalue weighted by molar-refractivity contribution is -0.128. The van der Waals surface area contributed by atoms with Gasteiger partial charge in [-0.25, -0.2) is 8.78 Å². The third kappa shape index (κ3) is 3.47. The van der Waals surface area contributed by atoms with Crippen LogP contribution in [0.3, 0.4) is 0 Å². The van der Waals surface area contributed by atoms with E-state index in [1.54, 1.807) is 6.08 Å². The molecular formula is C19H18F2N4OS. The molecule has 2 N–H and O–H groups in total. The van der Waals surface area contributed by atoms with Crippen molar-refractivity contribution in [3.8, 4) is 6.07 Å². The number of nitrogens with zero attached hydrogens (tertiary/aromatic N) is 2. The van der Waals surface area contributed by atoms with Gasteiger partial charge in [0.25, 0.3) is 5.92 Å². The van der Waals surface area contributed by atoms with Crippen LogP contribution < -0.4 is 5.32 Å². The highest BCUT2D eigenvalue weighted by atomic mass is 32.2. The molecule has 2 heterocycles. The van der Waals surface area contributed by atoms with Crippen LogP contribution in [-0.4, -0.2) is 23.8 Å². The van der Waals surface area contributed by atoms with E-state index in [1.165, 1.54) is 54.9 Å². The molecule has 0 radical (unpaired) electrons. The van der Waals surface area contributed by atoms with E-state index in [-0.39, 0.29) is 23.9 Å². The molecule has 1 amide bonds. The summed E-state index contributed by atoms with van der Waals surface area (Å²) < 4.78 is 27.8. The van der Waals surface area contributed by atoms with Gasteiger partial charge in [-0.2, -0.15) is 5.26 Å². The van der Waals surface area contributed by atoms with Gasteiger partial charge in [-0.05, 0) is 5.56 Å². The Balaban J connectivity index is 2.02. The minimum Gasteiger partial charge on any atom is -0.328 e. The fourth-order valence-electron chi connectivity index (χ4n) is 3.01. The summed E-state index contributed by atoms with van der Waals surface area (Å²) in [5.74, 6) is -4.02. The smallest absolute Gasteiger partial charge is 0.273 e. The molecule has 2 aliphatic rings. The van der Waals surface area contributed by atoms with E-state index in [4.69, 9.17) is 10.7 Å². The lowest BCUT2D eigenvalue weighted by Gasteiger charge is -2.34. The van der Waals surface area contributed by atoms with E-state index >= 15 is 0 Å². The Labute approximate surface area is 160 Å². The summed E-state index contributed by atoms with van der Waals surface area (Å²) in [4.78, 5) is 15.4. The summed E-state index contributed by atoms with van der Waals surface area (Å²) in [6.07, 6.45) is 1.95. The number of alkyl halides is 2. The van der Waals surface area contributed by atoms with Crippen molar-refractivity contribution in [2.45, 2.75) is 31.6 Å². The average Bonchev–Trinajstić information content (AvgIpc) is 3.15. The van der Waals surface area contributed by atoms with Crippen LogP contribution in [-0.2, 0) is 10.7 Å². The molecule has 2 aliphatic heterocycles. The maximum absolute atomic E-state index is 13.9. The Morgan fingerprint density at radius 2 is 2.07 bits per heavy atom. The van der Waals surface area contributed by atoms with Crippen molar-refractivity contribution < 1.29 is 13.6 Å². The van der Waals surface area contributed by atoms with Gasteiger partial charge in [-0.1, -0.05) is 49.0 Å². The molecule has 0 saturated carbocycles. The number of hydrogen-bond donors (Lipinski definition) is 2. The lowest BCUT2D eigenvalue weighted by atomic mass is 9.90. The molecule has 0 unspecified atom stereocenters. The molecule has 1 saturated heterocycles. The third-order valence-corrected chi connectivity index (χ3v) is 5.79. The third-order valence-electron chi connectivity index (χ3n) is 4.68. The molecule has 0 aliphatic carbocycles. The van der Waals surface area contributed by atoms with Crippen LogP contribution in [0.4, 0.5) is 8.78 Å². The van der Waals surface area contributed by atoms with Gasteiger partial charge in [0.15, 0.2) is 0 Å². The highest BCUT2D eigenvalue weighted by Crippen LogP contribution is 2.42. The van der Waals surface area contributed by atoms with Crippen molar-refractivity contribution >= 4 is 23.6 Å². The van der Waals surface area contributed by atoms with Crippen molar-refractivity contribution in [2.75, 3.05) is 7.05 Å². The second-order valence-corrected chi connectivity index (χ2v) is 7.44. The number of halogens is 2. The first-order chi connectivity index (χ1) is 12.8. The first-order valence-electron chi connectivity index (χ1n) is 8.41. The van der Waals surface area contributed by atoms with Gasteiger partial charge >= 0.3 is 0 Å². The largest absolute Gasteiger partial charge is 0.328 e. The number of benzene rings is 1. The van der Waals surface area contributed by atoms with Crippen LogP contribution in [0.1, 0.15) is 36.8 Å². The number of carbonyl (C=O) groups is 1. The Kier molecular flexibility index (Phi) is 5.07. The normalized spacial score (nSPS) is 23.1. The summed E-state index contributed by atoms with van der Waals surface area (Å²) >= 11 is 1.26. The summed E-state index contributed by atoms with van der Waals surface area (Å²) in [6, 6.07) is 7.83. The molecule has 0 aromatic heterocycles. The SMILES string of the molecule is CCC(F)(F)c1ccc([C@H]2C(=O)N(C)C(=N)N/C2=C2\CC=C(C#N)S2)cc1. The minimum atomic E-state index is -2.92. The predicted octanol–water partition coefficient (Wildman–Crippen LogP) is 4.02. The number of carbonyl (C=O) groups excluding carboxylic acids is 1. The first kappa shape index (κ1) is 19.1. The Morgan fingerprint density at radius 3 is 2.63 bits per heavy atom. The van der Waals surface area contributed by atoms with Crippen LogP contribution in [0.5, 0.6) is 0 Å². The maximum atomic E-state index is 13.9. The lowest BCUT2D eigenvalue weighted by Crippen LogP contribution is -2.51. The van der Waals surface area contributed by atoms with Gasteiger partial charge in [-0.3, -0.25) is 15.1 Å². The van der Waals surface area contributed by atoms with Gasteiger partial charge in [0, 0.05) is 36.1 Å². The predicted molar refractivity (Wildman–Crippen MR) is 99.9 cm³/mol. The van der Waals surface area contributed by atoms with Crippen molar-refractivity contribution in [3.05, 3.63) is 57.0 Å². The topological polar surface area (TPSA) is 80.0 Å². The highest BCUT2D eigenvalue weighted by molar-refractivity contribution is 8.07. The van der Waals surface area contributed by atoms with Crippen molar-refractivity contribution in [3.63, 3.8) is 0 Å². The van der Waals surface area contributed by atoms with Gasteiger partial charge in [0.1, 0.15) is 12.0 Å². The standard InChI is InChI=1S/C19H18F2N4OS/c1-3-19(20,21)12-6-4-11(5-7-12)15-16(14-9-8-13(10-22)27-14)24-18(23)25(2)17(15)26/h4-8,15H,3,9H2,1-2H3,(H2,23,24)/b16-14+/t15-/m1/s1. The first-order valence-corrected chi connectivity index (χ1v) is 9.22. The van der Waals surface area contributed by atoms with Crippen LogP contribution in [0.15, 0.2) is 45.8 Å². The molecule has 1 aromatic rings. The molecule has 5 nitrogen and oxygen atoms in total. The summed E-state index contributed by atoms with van der Waals surface area (Å²) in [6.45, 7) is 1.42. The molecule has 1 fully saturated rings. The number of rotatable bonds is 3. The molecule has 0 spiro atoms. The number of nitriles is 1. The van der Waals surface area contributed by atoms with Crippen molar-refractivity contribution in [1.82, 2.24) is 10.2 Å². The number of amides is 1. The molecule has 8 heteroatoms. The molecule has 140 valence electrons. The van der Waals surface area contributed by atoms with Crippen molar-refractivity contribution in [2.24, 2.45) is 0 Å². The Hall–Kier alpha value is -2.66. The molecule has 1 atom stereocenters. The molecule has 1 aromatic carbocycles. The highest BCUT2D eigenvalue weighted by Gasteiger charge is 2.38. The quantitative estimate of drug-likeness (QED) is 0.819. The fourth-order valence-corrected chi connectivity index (χ4v) is 3.93. The van der Waals surface area contributed by atoms with Gasteiger partial charge in [0.05, 0.1) is 4.91 Å². The number of hydrogen-bond acceptors (Lipinski definition) is 4. The monoisotopic (exact) mass is 388 g/mol. The van der Waals surface area contributed by atoms with E-state index in [9.17, 15) is 13.6 Å². The van der Waals surface area contributed by atoms with E-state index in [1.807, 2.05) is 0 Å². The van der Waals surface area contributed by atoms with Crippen LogP contribution in [0.25, 0.3) is 0 Å². The molecule has 0 bridgehead atoms. The number of likely N-dealkylation sites (N-methyl/N-ethyl adjacent to an activating group) is 1. The summed E-state index contributed by atoms with van der Waals surface area (Å²) in [5.41, 5.74) is 1.00. The Morgan fingerprint density at radius 1 is 1.41 bits per heavy atom. The van der Waals surface area contributed by atoms with Crippen LogP contribution in [0.2, 0.25) is 0 Å². The maximum Gasteiger partial charge on any atom is 0.273 e. The summed E-state index contributed by atoms with van der Waals surface area (Å²) in [5, 5.41) is 20.0. The second-order valence-electron chi connectivity index (χ2n) is 6.31. The minimum absolute atomic E-state index is 0.0566. The molecule has 3 rings (SSSR count). The average molecular weight is 388 g/mol. The van der Waals surface area contributed by atoms with Crippen LogP contribution in [0, 0.1) is 16.7 Å². The number of guanidine groups is 1. The zero-order chi connectivity index (χ0) is 19.8. The van der Waals surface area contributed by atoms with E-state index in [0.717, 1.165) is 4.91 Å². The number of allylic oxidation sites excluding steroid dienone is 3. The molecule has 27 heavy (non-hydrogen) atoms. The summed E-state index contributed by atoms with van der Waals surface area (Å²) in [7, 11) is 1.49.